The molecule has 0 aliphatic carbocycles. The lowest BCUT2D eigenvalue weighted by Crippen LogP contribution is -2.62. The summed E-state index contributed by atoms with van der Waals surface area (Å²) in [4.78, 5) is 26.8. The zero-order valence-corrected chi connectivity index (χ0v) is 24.9. The maximum Gasteiger partial charge on any atom is 0.329 e. The highest BCUT2D eigenvalue weighted by Crippen LogP contribution is 2.27. The van der Waals surface area contributed by atoms with Gasteiger partial charge in [0.15, 0.2) is 0 Å². The van der Waals surface area contributed by atoms with E-state index in [0.717, 1.165) is 34.6 Å². The van der Waals surface area contributed by atoms with Crippen molar-refractivity contribution in [3.8, 4) is 0 Å². The lowest BCUT2D eigenvalue weighted by atomic mass is 9.99. The summed E-state index contributed by atoms with van der Waals surface area (Å²) < 4.78 is 5.65. The zero-order chi connectivity index (χ0) is 27.7. The van der Waals surface area contributed by atoms with Crippen molar-refractivity contribution in [2.45, 2.75) is 38.0 Å². The van der Waals surface area contributed by atoms with E-state index < -0.39 is 12.0 Å². The summed E-state index contributed by atoms with van der Waals surface area (Å²) in [5.74, 6) is 1.88. The maximum absolute atomic E-state index is 13.6. The SMILES string of the molecule is CSCCC([NH3+])CSSCC(Cc1ccccc1)C(=O)NC(Cc1ccccc1)C(=O)OCc1ccccc1. The first-order valence-electron chi connectivity index (χ1n) is 13.2. The van der Waals surface area contributed by atoms with Gasteiger partial charge < -0.3 is 15.8 Å². The average molecular weight is 584 g/mol. The van der Waals surface area contributed by atoms with E-state index in [-0.39, 0.29) is 18.4 Å². The Morgan fingerprint density at radius 2 is 1.33 bits per heavy atom. The van der Waals surface area contributed by atoms with Gasteiger partial charge in [0.05, 0.1) is 17.7 Å². The Labute approximate surface area is 244 Å². The first-order chi connectivity index (χ1) is 19.0. The first kappa shape index (κ1) is 31.1. The number of amides is 1. The lowest BCUT2D eigenvalue weighted by molar-refractivity contribution is -0.412. The molecule has 3 atom stereocenters. The fraction of sp³-hybridized carbons (Fsp3) is 0.355. The highest BCUT2D eigenvalue weighted by molar-refractivity contribution is 8.76. The topological polar surface area (TPSA) is 83.0 Å². The molecule has 39 heavy (non-hydrogen) atoms. The number of nitrogens with one attached hydrogen (secondary N) is 1. The van der Waals surface area contributed by atoms with Crippen LogP contribution in [0.25, 0.3) is 0 Å². The van der Waals surface area contributed by atoms with Crippen LogP contribution in [0.3, 0.4) is 0 Å². The third-order valence-corrected chi connectivity index (χ3v) is 9.46. The van der Waals surface area contributed by atoms with E-state index in [1.807, 2.05) is 103 Å². The molecule has 0 aromatic heterocycles. The number of hydrogen-bond donors (Lipinski definition) is 2. The largest absolute Gasteiger partial charge is 0.459 e. The Bertz CT molecular complexity index is 1100. The third kappa shape index (κ3) is 12.1. The van der Waals surface area contributed by atoms with E-state index in [2.05, 4.69) is 17.3 Å². The van der Waals surface area contributed by atoms with Crippen LogP contribution in [0.1, 0.15) is 23.1 Å². The van der Waals surface area contributed by atoms with Crippen LogP contribution in [0.5, 0.6) is 0 Å². The number of quaternary nitrogens is 1. The van der Waals surface area contributed by atoms with Crippen LogP contribution < -0.4 is 11.1 Å². The van der Waals surface area contributed by atoms with Gasteiger partial charge in [0.2, 0.25) is 5.91 Å². The minimum Gasteiger partial charge on any atom is -0.459 e. The molecule has 3 aromatic rings. The second kappa shape index (κ2) is 18.1. The molecule has 4 N–H and O–H groups in total. The van der Waals surface area contributed by atoms with Crippen molar-refractivity contribution in [3.05, 3.63) is 108 Å². The number of esters is 1. The molecule has 0 saturated heterocycles. The van der Waals surface area contributed by atoms with Crippen molar-refractivity contribution in [2.24, 2.45) is 5.92 Å². The van der Waals surface area contributed by atoms with E-state index in [1.54, 1.807) is 21.6 Å². The van der Waals surface area contributed by atoms with Crippen molar-refractivity contribution < 1.29 is 20.1 Å². The zero-order valence-electron chi connectivity index (χ0n) is 22.5. The summed E-state index contributed by atoms with van der Waals surface area (Å²) in [7, 11) is 3.49. The van der Waals surface area contributed by atoms with Gasteiger partial charge in [-0.15, -0.1) is 0 Å². The van der Waals surface area contributed by atoms with Gasteiger partial charge in [-0.1, -0.05) is 113 Å². The summed E-state index contributed by atoms with van der Waals surface area (Å²) in [6.07, 6.45) is 4.19. The van der Waals surface area contributed by atoms with Crippen molar-refractivity contribution in [1.29, 1.82) is 0 Å². The second-order valence-electron chi connectivity index (χ2n) is 9.45. The van der Waals surface area contributed by atoms with Gasteiger partial charge in [0, 0.05) is 18.6 Å². The number of carbonyl (C=O) groups is 2. The molecular weight excluding hydrogens is 545 g/mol. The van der Waals surface area contributed by atoms with Crippen LogP contribution >= 0.6 is 33.3 Å². The van der Waals surface area contributed by atoms with Crippen LogP contribution in [0.4, 0.5) is 0 Å². The second-order valence-corrected chi connectivity index (χ2v) is 13.0. The van der Waals surface area contributed by atoms with Crippen LogP contribution in [-0.4, -0.2) is 47.5 Å². The molecule has 5 nitrogen and oxygen atoms in total. The fourth-order valence-corrected chi connectivity index (χ4v) is 7.13. The van der Waals surface area contributed by atoms with Gasteiger partial charge in [-0.3, -0.25) is 4.79 Å². The molecule has 3 rings (SSSR count). The summed E-state index contributed by atoms with van der Waals surface area (Å²) in [5.41, 5.74) is 7.23. The molecule has 0 heterocycles. The van der Waals surface area contributed by atoms with Crippen LogP contribution in [0, 0.1) is 5.92 Å². The molecule has 0 radical (unpaired) electrons. The smallest absolute Gasteiger partial charge is 0.329 e. The number of rotatable bonds is 17. The number of hydrogen-bond acceptors (Lipinski definition) is 6. The number of carbonyl (C=O) groups excluding carboxylic acids is 2. The van der Waals surface area contributed by atoms with Crippen LogP contribution in [-0.2, 0) is 33.8 Å². The maximum atomic E-state index is 13.6. The summed E-state index contributed by atoms with van der Waals surface area (Å²) in [6.45, 7) is 0.170. The summed E-state index contributed by atoms with van der Waals surface area (Å²) in [5, 5.41) is 3.05. The molecular formula is C31H39N2O3S3+. The van der Waals surface area contributed by atoms with Gasteiger partial charge in [-0.25, -0.2) is 4.79 Å². The Hall–Kier alpha value is -2.39. The Morgan fingerprint density at radius 1 is 0.795 bits per heavy atom. The third-order valence-electron chi connectivity index (χ3n) is 6.19. The number of thioether (sulfide) groups is 1. The van der Waals surface area contributed by atoms with E-state index in [0.29, 0.717) is 24.6 Å². The van der Waals surface area contributed by atoms with Crippen molar-refractivity contribution in [2.75, 3.05) is 23.5 Å². The molecule has 0 aliphatic heterocycles. The molecule has 3 aromatic carbocycles. The van der Waals surface area contributed by atoms with E-state index in [1.165, 1.54) is 0 Å². The molecule has 1 amide bonds. The molecule has 0 spiro atoms. The molecule has 3 unspecified atom stereocenters. The highest BCUT2D eigenvalue weighted by Gasteiger charge is 2.27. The Morgan fingerprint density at radius 3 is 1.92 bits per heavy atom. The first-order valence-corrected chi connectivity index (χ1v) is 17.1. The number of benzene rings is 3. The molecule has 0 fully saturated rings. The van der Waals surface area contributed by atoms with Crippen LogP contribution in [0.2, 0.25) is 0 Å². The molecule has 208 valence electrons. The monoisotopic (exact) mass is 583 g/mol. The van der Waals surface area contributed by atoms with E-state index in [4.69, 9.17) is 4.74 Å². The van der Waals surface area contributed by atoms with Gasteiger partial charge in [0.25, 0.3) is 0 Å². The Kier molecular flexibility index (Phi) is 14.4. The lowest BCUT2D eigenvalue weighted by Gasteiger charge is -2.22. The van der Waals surface area contributed by atoms with Gasteiger partial charge in [-0.2, -0.15) is 11.8 Å². The molecule has 8 heteroatoms. The standard InChI is InChI=1S/C31H38N2O3S3/c1-37-18-17-28(32)23-39-38-22-27(19-24-11-5-2-6-12-24)30(34)33-29(20-25-13-7-3-8-14-25)31(35)36-21-26-15-9-4-10-16-26/h2-16,27-29H,17-23,32H2,1H3,(H,33,34)/p+1. The predicted octanol–water partition coefficient (Wildman–Crippen LogP) is 5.06. The molecule has 0 bridgehead atoms. The summed E-state index contributed by atoms with van der Waals surface area (Å²) >= 11 is 1.84. The van der Waals surface area contributed by atoms with Crippen LogP contribution in [0.15, 0.2) is 91.0 Å². The fourth-order valence-electron chi connectivity index (χ4n) is 3.93. The van der Waals surface area contributed by atoms with Crippen molar-refractivity contribution in [1.82, 2.24) is 5.32 Å². The van der Waals surface area contributed by atoms with E-state index in [9.17, 15) is 9.59 Å². The quantitative estimate of drug-likeness (QED) is 0.131. The Balaban J connectivity index is 1.66. The van der Waals surface area contributed by atoms with E-state index >= 15 is 0 Å². The van der Waals surface area contributed by atoms with Gasteiger partial charge in [-0.05, 0) is 35.1 Å². The number of ether oxygens (including phenoxy) is 1. The van der Waals surface area contributed by atoms with Gasteiger partial charge >= 0.3 is 5.97 Å². The minimum atomic E-state index is -0.768. The summed E-state index contributed by atoms with van der Waals surface area (Å²) in [6, 6.07) is 29.0. The average Bonchev–Trinajstić information content (AvgIpc) is 2.97. The normalized spacial score (nSPS) is 13.3. The minimum absolute atomic E-state index is 0.127. The van der Waals surface area contributed by atoms with Crippen molar-refractivity contribution >= 4 is 45.2 Å². The molecule has 0 aliphatic rings. The predicted molar refractivity (Wildman–Crippen MR) is 167 cm³/mol. The van der Waals surface area contributed by atoms with Gasteiger partial charge in [0.1, 0.15) is 12.6 Å². The highest BCUT2D eigenvalue weighted by atomic mass is 33.1. The van der Waals surface area contributed by atoms with Crippen molar-refractivity contribution in [3.63, 3.8) is 0 Å². The molecule has 0 saturated carbocycles.